The molecule has 1 aliphatic heterocycles. The van der Waals surface area contributed by atoms with Gasteiger partial charge in [-0.05, 0) is 25.1 Å². The number of piperazine rings is 1. The number of benzene rings is 1. The molecule has 8 heteroatoms. The number of rotatable bonds is 3. The Labute approximate surface area is 135 Å². The third-order valence-corrected chi connectivity index (χ3v) is 5.48. The van der Waals surface area contributed by atoms with E-state index in [9.17, 15) is 17.6 Å². The molecule has 0 N–H and O–H groups in total. The van der Waals surface area contributed by atoms with Gasteiger partial charge in [-0.3, -0.25) is 4.79 Å². The SMILES string of the molecule is CC(C(=O)N1CCN(c2ccc(C#N)cc2F)CC1)S(C)(=O)=O. The van der Waals surface area contributed by atoms with Crippen LogP contribution in [0.25, 0.3) is 0 Å². The first kappa shape index (κ1) is 17.2. The summed E-state index contributed by atoms with van der Waals surface area (Å²) in [5, 5.41) is 7.68. The lowest BCUT2D eigenvalue weighted by atomic mass is 10.1. The van der Waals surface area contributed by atoms with Crippen LogP contribution in [0.15, 0.2) is 18.2 Å². The maximum Gasteiger partial charge on any atom is 0.240 e. The van der Waals surface area contributed by atoms with E-state index in [0.717, 1.165) is 6.26 Å². The number of anilines is 1. The lowest BCUT2D eigenvalue weighted by molar-refractivity contribution is -0.130. The molecule has 23 heavy (non-hydrogen) atoms. The zero-order chi connectivity index (χ0) is 17.2. The summed E-state index contributed by atoms with van der Waals surface area (Å²) in [6.07, 6.45) is 1.04. The second kappa shape index (κ2) is 6.54. The monoisotopic (exact) mass is 339 g/mol. The summed E-state index contributed by atoms with van der Waals surface area (Å²) < 4.78 is 37.0. The zero-order valence-corrected chi connectivity index (χ0v) is 13.8. The second-order valence-electron chi connectivity index (χ2n) is 5.56. The standard InChI is InChI=1S/C15H18FN3O3S/c1-11(23(2,21)22)15(20)19-7-5-18(6-8-19)14-4-3-12(10-17)9-13(14)16/h3-4,9,11H,5-8H2,1-2H3. The third kappa shape index (κ3) is 3.79. The topological polar surface area (TPSA) is 81.5 Å². The van der Waals surface area contributed by atoms with E-state index >= 15 is 0 Å². The van der Waals surface area contributed by atoms with E-state index < -0.39 is 26.8 Å². The van der Waals surface area contributed by atoms with E-state index in [-0.39, 0.29) is 5.56 Å². The van der Waals surface area contributed by atoms with Crippen LogP contribution in [0.4, 0.5) is 10.1 Å². The molecule has 6 nitrogen and oxygen atoms in total. The van der Waals surface area contributed by atoms with Gasteiger partial charge in [-0.1, -0.05) is 0 Å². The first-order chi connectivity index (χ1) is 10.7. The predicted octanol–water partition coefficient (Wildman–Crippen LogP) is 0.779. The molecule has 1 atom stereocenters. The molecule has 2 rings (SSSR count). The van der Waals surface area contributed by atoms with Gasteiger partial charge in [0.25, 0.3) is 0 Å². The van der Waals surface area contributed by atoms with Crippen molar-refractivity contribution < 1.29 is 17.6 Å². The molecule has 1 aromatic carbocycles. The summed E-state index contributed by atoms with van der Waals surface area (Å²) >= 11 is 0. The number of hydrogen-bond donors (Lipinski definition) is 0. The van der Waals surface area contributed by atoms with E-state index in [2.05, 4.69) is 0 Å². The van der Waals surface area contributed by atoms with E-state index in [1.807, 2.05) is 6.07 Å². The molecule has 1 aromatic rings. The highest BCUT2D eigenvalue weighted by Gasteiger charge is 2.30. The van der Waals surface area contributed by atoms with Crippen LogP contribution in [0.1, 0.15) is 12.5 Å². The summed E-state index contributed by atoms with van der Waals surface area (Å²) in [5.41, 5.74) is 0.634. The van der Waals surface area contributed by atoms with Crippen molar-refractivity contribution in [2.75, 3.05) is 37.3 Å². The molecule has 0 radical (unpaired) electrons. The van der Waals surface area contributed by atoms with Gasteiger partial charge < -0.3 is 9.80 Å². The molecule has 0 spiro atoms. The molecule has 1 amide bonds. The van der Waals surface area contributed by atoms with Crippen molar-refractivity contribution in [3.05, 3.63) is 29.6 Å². The second-order valence-corrected chi connectivity index (χ2v) is 7.93. The van der Waals surface area contributed by atoms with E-state index in [0.29, 0.717) is 31.9 Å². The van der Waals surface area contributed by atoms with Gasteiger partial charge in [0, 0.05) is 32.4 Å². The smallest absolute Gasteiger partial charge is 0.240 e. The number of carbonyl (C=O) groups excluding carboxylic acids is 1. The Bertz CT molecular complexity index is 750. The largest absolute Gasteiger partial charge is 0.366 e. The molecule has 1 unspecified atom stereocenters. The van der Waals surface area contributed by atoms with E-state index in [1.165, 1.54) is 17.9 Å². The highest BCUT2D eigenvalue weighted by molar-refractivity contribution is 7.92. The van der Waals surface area contributed by atoms with Crippen molar-refractivity contribution in [1.82, 2.24) is 4.90 Å². The summed E-state index contributed by atoms with van der Waals surface area (Å²) in [4.78, 5) is 15.4. The van der Waals surface area contributed by atoms with Crippen molar-refractivity contribution in [2.24, 2.45) is 0 Å². The van der Waals surface area contributed by atoms with Crippen molar-refractivity contribution in [2.45, 2.75) is 12.2 Å². The number of carbonyl (C=O) groups is 1. The highest BCUT2D eigenvalue weighted by atomic mass is 32.2. The van der Waals surface area contributed by atoms with Crippen LogP contribution in [-0.2, 0) is 14.6 Å². The molecule has 0 aromatic heterocycles. The van der Waals surface area contributed by atoms with E-state index in [1.54, 1.807) is 17.0 Å². The Kier molecular flexibility index (Phi) is 4.90. The number of nitrogens with zero attached hydrogens (tertiary/aromatic N) is 3. The van der Waals surface area contributed by atoms with Gasteiger partial charge in [-0.15, -0.1) is 0 Å². The Morgan fingerprint density at radius 3 is 2.39 bits per heavy atom. The molecular weight excluding hydrogens is 321 g/mol. The number of hydrogen-bond acceptors (Lipinski definition) is 5. The van der Waals surface area contributed by atoms with Gasteiger partial charge in [-0.2, -0.15) is 5.26 Å². The van der Waals surface area contributed by atoms with Gasteiger partial charge >= 0.3 is 0 Å². The van der Waals surface area contributed by atoms with Crippen molar-refractivity contribution in [3.63, 3.8) is 0 Å². The van der Waals surface area contributed by atoms with Crippen LogP contribution < -0.4 is 4.90 Å². The Morgan fingerprint density at radius 2 is 1.91 bits per heavy atom. The van der Waals surface area contributed by atoms with Crippen LogP contribution in [-0.4, -0.2) is 56.9 Å². The molecule has 1 aliphatic rings. The fourth-order valence-corrected chi connectivity index (χ4v) is 2.96. The fourth-order valence-electron chi connectivity index (χ4n) is 2.44. The number of sulfone groups is 1. The summed E-state index contributed by atoms with van der Waals surface area (Å²) in [5.74, 6) is -0.902. The normalized spacial score (nSPS) is 16.8. The molecule has 0 bridgehead atoms. The lowest BCUT2D eigenvalue weighted by Crippen LogP contribution is -2.52. The van der Waals surface area contributed by atoms with Crippen molar-refractivity contribution in [1.29, 1.82) is 5.26 Å². The molecule has 1 saturated heterocycles. The summed E-state index contributed by atoms with van der Waals surface area (Å²) in [6.45, 7) is 2.86. The van der Waals surface area contributed by atoms with Gasteiger partial charge in [-0.25, -0.2) is 12.8 Å². The molecular formula is C15H18FN3O3S. The lowest BCUT2D eigenvalue weighted by Gasteiger charge is -2.37. The molecule has 0 aliphatic carbocycles. The molecule has 124 valence electrons. The van der Waals surface area contributed by atoms with Gasteiger partial charge in [0.2, 0.25) is 5.91 Å². The average Bonchev–Trinajstić information content (AvgIpc) is 2.52. The third-order valence-electron chi connectivity index (χ3n) is 4.00. The van der Waals surface area contributed by atoms with Crippen LogP contribution in [0.3, 0.4) is 0 Å². The van der Waals surface area contributed by atoms with Crippen molar-refractivity contribution in [3.8, 4) is 6.07 Å². The maximum atomic E-state index is 14.0. The Morgan fingerprint density at radius 1 is 1.30 bits per heavy atom. The predicted molar refractivity (Wildman–Crippen MR) is 84.2 cm³/mol. The van der Waals surface area contributed by atoms with Gasteiger partial charge in [0.05, 0.1) is 17.3 Å². The van der Waals surface area contributed by atoms with Crippen LogP contribution in [0, 0.1) is 17.1 Å². The van der Waals surface area contributed by atoms with Crippen molar-refractivity contribution >= 4 is 21.4 Å². The minimum absolute atomic E-state index is 0.252. The summed E-state index contributed by atoms with van der Waals surface area (Å²) in [7, 11) is -3.43. The van der Waals surface area contributed by atoms with Crippen LogP contribution >= 0.6 is 0 Å². The maximum absolute atomic E-state index is 14.0. The van der Waals surface area contributed by atoms with Crippen LogP contribution in [0.2, 0.25) is 0 Å². The first-order valence-corrected chi connectivity index (χ1v) is 9.11. The van der Waals surface area contributed by atoms with Crippen LogP contribution in [0.5, 0.6) is 0 Å². The fraction of sp³-hybridized carbons (Fsp3) is 0.467. The van der Waals surface area contributed by atoms with E-state index in [4.69, 9.17) is 5.26 Å². The van der Waals surface area contributed by atoms with Gasteiger partial charge in [0.15, 0.2) is 9.84 Å². The number of nitriles is 1. The zero-order valence-electron chi connectivity index (χ0n) is 13.0. The quantitative estimate of drug-likeness (QED) is 0.813. The first-order valence-electron chi connectivity index (χ1n) is 7.16. The Hall–Kier alpha value is -2.14. The number of amides is 1. The highest BCUT2D eigenvalue weighted by Crippen LogP contribution is 2.22. The molecule has 1 fully saturated rings. The minimum Gasteiger partial charge on any atom is -0.366 e. The Balaban J connectivity index is 2.04. The molecule has 0 saturated carbocycles. The van der Waals surface area contributed by atoms with Gasteiger partial charge in [0.1, 0.15) is 11.1 Å². The minimum atomic E-state index is -3.43. The molecule has 1 heterocycles. The average molecular weight is 339 g/mol. The number of halogens is 1. The summed E-state index contributed by atoms with van der Waals surface area (Å²) in [6, 6.07) is 6.15.